The Hall–Kier alpha value is -2.61. The van der Waals surface area contributed by atoms with E-state index >= 15 is 0 Å². The van der Waals surface area contributed by atoms with E-state index in [9.17, 15) is 22.4 Å². The second-order valence-corrected chi connectivity index (χ2v) is 8.71. The first kappa shape index (κ1) is 26.0. The minimum Gasteiger partial charge on any atom is -0.494 e. The number of aryl methyl sites for hydroxylation is 1. The van der Waals surface area contributed by atoms with Gasteiger partial charge >= 0.3 is 12.1 Å². The number of carbonyl (C=O) groups is 1. The molecule has 1 aliphatic carbocycles. The maximum absolute atomic E-state index is 13.7. The molecule has 2 aromatic carbocycles. The van der Waals surface area contributed by atoms with Gasteiger partial charge in [-0.2, -0.15) is 13.2 Å². The molecule has 0 aromatic heterocycles. The van der Waals surface area contributed by atoms with E-state index in [2.05, 4.69) is 5.32 Å². The fraction of sp³-hybridized carbons (Fsp3) is 0.500. The summed E-state index contributed by atoms with van der Waals surface area (Å²) in [6, 6.07) is 9.27. The van der Waals surface area contributed by atoms with Crippen molar-refractivity contribution in [3.05, 3.63) is 64.5 Å². The zero-order valence-electron chi connectivity index (χ0n) is 19.7. The van der Waals surface area contributed by atoms with Gasteiger partial charge in [0.25, 0.3) is 0 Å². The van der Waals surface area contributed by atoms with E-state index in [4.69, 9.17) is 9.47 Å². The Morgan fingerprint density at radius 3 is 2.62 bits per heavy atom. The Bertz CT molecular complexity index is 992. The summed E-state index contributed by atoms with van der Waals surface area (Å²) in [5.41, 5.74) is 0.966. The molecular weight excluding hydrogens is 450 g/mol. The highest BCUT2D eigenvalue weighted by Crippen LogP contribution is 2.40. The van der Waals surface area contributed by atoms with Crippen LogP contribution in [0.5, 0.6) is 5.75 Å². The predicted octanol–water partition coefficient (Wildman–Crippen LogP) is 6.34. The van der Waals surface area contributed by atoms with Crippen molar-refractivity contribution < 1.29 is 31.8 Å². The number of esters is 1. The van der Waals surface area contributed by atoms with Crippen molar-refractivity contribution >= 4 is 5.97 Å². The molecule has 2 aromatic rings. The van der Waals surface area contributed by atoms with Gasteiger partial charge in [-0.25, -0.2) is 4.39 Å². The van der Waals surface area contributed by atoms with Gasteiger partial charge in [0.05, 0.1) is 19.3 Å². The van der Waals surface area contributed by atoms with Crippen LogP contribution in [0.25, 0.3) is 0 Å². The van der Waals surface area contributed by atoms with Crippen molar-refractivity contribution in [3.63, 3.8) is 0 Å². The molecule has 0 spiro atoms. The van der Waals surface area contributed by atoms with E-state index in [1.807, 2.05) is 6.92 Å². The quantitative estimate of drug-likeness (QED) is 0.336. The largest absolute Gasteiger partial charge is 0.494 e. The smallest absolute Gasteiger partial charge is 0.416 e. The molecule has 1 unspecified atom stereocenters. The minimum absolute atomic E-state index is 0.00709. The van der Waals surface area contributed by atoms with Crippen molar-refractivity contribution in [2.24, 2.45) is 0 Å². The molecule has 0 saturated heterocycles. The summed E-state index contributed by atoms with van der Waals surface area (Å²) in [4.78, 5) is 11.6. The van der Waals surface area contributed by atoms with Crippen LogP contribution in [0.4, 0.5) is 17.6 Å². The highest BCUT2D eigenvalue weighted by Gasteiger charge is 2.35. The number of nitrogens with one attached hydrogen (secondary N) is 1. The van der Waals surface area contributed by atoms with E-state index in [-0.39, 0.29) is 48.8 Å². The third-order valence-electron chi connectivity index (χ3n) is 6.41. The monoisotopic (exact) mass is 481 g/mol. The summed E-state index contributed by atoms with van der Waals surface area (Å²) in [5, 5.41) is 3.51. The van der Waals surface area contributed by atoms with Crippen molar-refractivity contribution in [2.75, 3.05) is 13.7 Å². The van der Waals surface area contributed by atoms with Gasteiger partial charge < -0.3 is 14.8 Å². The Morgan fingerprint density at radius 1 is 1.18 bits per heavy atom. The molecule has 1 N–H and O–H groups in total. The van der Waals surface area contributed by atoms with Gasteiger partial charge in [0.1, 0.15) is 0 Å². The van der Waals surface area contributed by atoms with Crippen LogP contribution in [0.15, 0.2) is 36.4 Å². The number of methoxy groups -OCH3 is 1. The topological polar surface area (TPSA) is 47.6 Å². The lowest BCUT2D eigenvalue weighted by Gasteiger charge is -2.21. The molecule has 0 bridgehead atoms. The van der Waals surface area contributed by atoms with Gasteiger partial charge in [-0.15, -0.1) is 0 Å². The molecular formula is C26H31F4NO3. The van der Waals surface area contributed by atoms with Gasteiger partial charge in [-0.3, -0.25) is 4.79 Å². The second-order valence-electron chi connectivity index (χ2n) is 8.71. The van der Waals surface area contributed by atoms with Gasteiger partial charge in [-0.1, -0.05) is 18.2 Å². The third kappa shape index (κ3) is 6.50. The van der Waals surface area contributed by atoms with Crippen LogP contribution < -0.4 is 10.1 Å². The van der Waals surface area contributed by atoms with E-state index in [1.165, 1.54) is 25.3 Å². The molecule has 1 saturated carbocycles. The van der Waals surface area contributed by atoms with Crippen molar-refractivity contribution in [2.45, 2.75) is 70.1 Å². The maximum atomic E-state index is 13.7. The highest BCUT2D eigenvalue weighted by atomic mass is 19.4. The van der Waals surface area contributed by atoms with Crippen LogP contribution in [0.1, 0.15) is 73.7 Å². The Morgan fingerprint density at radius 2 is 1.94 bits per heavy atom. The average Bonchev–Trinajstić information content (AvgIpc) is 3.26. The normalized spacial score (nSPS) is 19.1. The number of alkyl halides is 3. The summed E-state index contributed by atoms with van der Waals surface area (Å²) in [7, 11) is 1.42. The molecule has 0 aliphatic heterocycles. The number of benzene rings is 2. The van der Waals surface area contributed by atoms with Crippen LogP contribution in [0.3, 0.4) is 0 Å². The van der Waals surface area contributed by atoms with Gasteiger partial charge in [0, 0.05) is 18.5 Å². The Balaban J connectivity index is 1.68. The van der Waals surface area contributed by atoms with Crippen LogP contribution in [0.2, 0.25) is 0 Å². The number of rotatable bonds is 9. The molecule has 1 fully saturated rings. The molecule has 34 heavy (non-hydrogen) atoms. The predicted molar refractivity (Wildman–Crippen MR) is 121 cm³/mol. The van der Waals surface area contributed by atoms with Crippen molar-refractivity contribution in [1.82, 2.24) is 5.32 Å². The number of ether oxygens (including phenoxy) is 2. The summed E-state index contributed by atoms with van der Waals surface area (Å²) >= 11 is 0. The fourth-order valence-electron chi connectivity index (χ4n) is 4.63. The lowest BCUT2D eigenvalue weighted by molar-refractivity contribution is -0.144. The lowest BCUT2D eigenvalue weighted by Crippen LogP contribution is -2.29. The van der Waals surface area contributed by atoms with Crippen LogP contribution in [-0.2, 0) is 22.1 Å². The first-order valence-electron chi connectivity index (χ1n) is 11.6. The van der Waals surface area contributed by atoms with Crippen molar-refractivity contribution in [1.29, 1.82) is 0 Å². The van der Waals surface area contributed by atoms with E-state index in [0.29, 0.717) is 12.0 Å². The molecule has 1 aliphatic rings. The van der Waals surface area contributed by atoms with E-state index < -0.39 is 23.5 Å². The fourth-order valence-corrected chi connectivity index (χ4v) is 4.63. The first-order chi connectivity index (χ1) is 16.1. The highest BCUT2D eigenvalue weighted by molar-refractivity contribution is 5.69. The van der Waals surface area contributed by atoms with Gasteiger partial charge in [-0.05, 0) is 80.3 Å². The van der Waals surface area contributed by atoms with Crippen LogP contribution in [-0.4, -0.2) is 25.7 Å². The number of carbonyl (C=O) groups excluding carboxylic acids is 1. The molecule has 3 rings (SSSR count). The summed E-state index contributed by atoms with van der Waals surface area (Å²) in [6.45, 7) is 3.84. The van der Waals surface area contributed by atoms with E-state index in [1.54, 1.807) is 25.1 Å². The molecule has 0 heterocycles. The molecule has 4 nitrogen and oxygen atoms in total. The summed E-state index contributed by atoms with van der Waals surface area (Å²) in [5.74, 6) is -0.742. The van der Waals surface area contributed by atoms with E-state index in [0.717, 1.165) is 18.4 Å². The molecule has 0 amide bonds. The van der Waals surface area contributed by atoms with Crippen LogP contribution in [0, 0.1) is 5.82 Å². The number of hydrogen-bond donors (Lipinski definition) is 1. The zero-order valence-corrected chi connectivity index (χ0v) is 19.7. The standard InChI is InChI=1S/C26H31F4NO3/c1-4-34-25(32)12-9-17-5-6-20(14-22(17)26(28,29)30)19-7-10-21(13-19)31-16(2)18-8-11-23(27)24(15-18)33-3/h5-6,8,11,14-16,19,21,31H,4,7,9-10,12-13H2,1-3H3/t16-,19?,21+/m1/s1. The number of halogens is 4. The second kappa shape index (κ2) is 11.2. The molecule has 0 radical (unpaired) electrons. The van der Waals surface area contributed by atoms with Crippen molar-refractivity contribution in [3.8, 4) is 5.75 Å². The van der Waals surface area contributed by atoms with Gasteiger partial charge in [0.2, 0.25) is 0 Å². The molecule has 3 atom stereocenters. The minimum atomic E-state index is -4.49. The third-order valence-corrected chi connectivity index (χ3v) is 6.41. The Labute approximate surface area is 197 Å². The zero-order chi connectivity index (χ0) is 24.9. The molecule has 186 valence electrons. The Kier molecular flexibility index (Phi) is 8.57. The first-order valence-corrected chi connectivity index (χ1v) is 11.6. The van der Waals surface area contributed by atoms with Crippen LogP contribution >= 0.6 is 0 Å². The SMILES string of the molecule is CCOC(=O)CCc1ccc(C2CC[C@H](N[C@H](C)c3ccc(F)c(OC)c3)C2)cc1C(F)(F)F. The lowest BCUT2D eigenvalue weighted by atomic mass is 9.92. The maximum Gasteiger partial charge on any atom is 0.416 e. The molecule has 8 heteroatoms. The summed E-state index contributed by atoms with van der Waals surface area (Å²) in [6.07, 6.45) is -2.27. The summed E-state index contributed by atoms with van der Waals surface area (Å²) < 4.78 is 64.8. The average molecular weight is 482 g/mol. The number of hydrogen-bond acceptors (Lipinski definition) is 4. The van der Waals surface area contributed by atoms with Gasteiger partial charge in [0.15, 0.2) is 11.6 Å².